The molecule has 0 spiro atoms. The molecule has 1 fully saturated rings. The number of rotatable bonds is 2. The van der Waals surface area contributed by atoms with Gasteiger partial charge in [0.1, 0.15) is 0 Å². The van der Waals surface area contributed by atoms with Gasteiger partial charge in [-0.25, -0.2) is 0 Å². The third-order valence-electron chi connectivity index (χ3n) is 9.26. The Balaban J connectivity index is 1.57. The number of alkyl halides is 3. The van der Waals surface area contributed by atoms with Crippen LogP contribution in [0.2, 0.25) is 0 Å². The van der Waals surface area contributed by atoms with Crippen molar-refractivity contribution in [1.82, 2.24) is 4.98 Å². The first-order chi connectivity index (χ1) is 18.7. The molecule has 0 atom stereocenters. The van der Waals surface area contributed by atoms with Gasteiger partial charge in [-0.05, 0) is 89.1 Å². The molecule has 40 heavy (non-hydrogen) atoms. The average molecular weight is 560 g/mol. The summed E-state index contributed by atoms with van der Waals surface area (Å²) in [5.74, 6) is 0. The normalized spacial score (nSPS) is 17.6. The number of pyridine rings is 1. The van der Waals surface area contributed by atoms with Crippen LogP contribution >= 0.6 is 11.3 Å². The molecule has 0 amide bonds. The molecule has 1 saturated carbocycles. The summed E-state index contributed by atoms with van der Waals surface area (Å²) in [7, 11) is 0. The number of benzene rings is 3. The molecule has 2 heterocycles. The van der Waals surface area contributed by atoms with Crippen LogP contribution in [0.1, 0.15) is 77.0 Å². The van der Waals surface area contributed by atoms with Crippen molar-refractivity contribution in [3.8, 4) is 11.3 Å². The number of thiophene rings is 1. The minimum Gasteiger partial charge on any atom is -0.255 e. The largest absolute Gasteiger partial charge is 0.398 e. The molecule has 1 aliphatic rings. The Morgan fingerprint density at radius 3 is 2.15 bits per heavy atom. The van der Waals surface area contributed by atoms with Gasteiger partial charge in [0.2, 0.25) is 0 Å². The standard InChI is InChI=1S/C35H36F3NS/c1-21-27(34(35(36,37)38)16-14-33(5,6)15-17-34)12-11-25-26-13-18-39-29(31(26)40-30(21)25)23-19-22-9-7-8-10-24(22)28(20-23)32(2,3)4/h7-13,18-20H,14-17H2,1-6H3. The van der Waals surface area contributed by atoms with E-state index in [1.165, 1.54) is 10.9 Å². The number of hydrogen-bond donors (Lipinski definition) is 0. The highest BCUT2D eigenvalue weighted by Gasteiger charge is 2.58. The fourth-order valence-corrected chi connectivity index (χ4v) is 8.06. The molecule has 0 radical (unpaired) electrons. The summed E-state index contributed by atoms with van der Waals surface area (Å²) >= 11 is 1.59. The highest BCUT2D eigenvalue weighted by atomic mass is 32.1. The van der Waals surface area contributed by atoms with E-state index < -0.39 is 11.6 Å². The van der Waals surface area contributed by atoms with Crippen LogP contribution in [0, 0.1) is 12.3 Å². The lowest BCUT2D eigenvalue weighted by atomic mass is 9.61. The van der Waals surface area contributed by atoms with Crippen LogP contribution in [0.15, 0.2) is 60.8 Å². The molecular weight excluding hydrogens is 523 g/mol. The summed E-state index contributed by atoms with van der Waals surface area (Å²) < 4.78 is 46.5. The van der Waals surface area contributed by atoms with Gasteiger partial charge < -0.3 is 0 Å². The summed E-state index contributed by atoms with van der Waals surface area (Å²) in [6, 6.07) is 18.6. The third kappa shape index (κ3) is 4.24. The van der Waals surface area contributed by atoms with E-state index in [0.717, 1.165) is 42.4 Å². The van der Waals surface area contributed by atoms with Crippen molar-refractivity contribution < 1.29 is 13.2 Å². The second kappa shape index (κ2) is 9.04. The van der Waals surface area contributed by atoms with Crippen molar-refractivity contribution in [2.24, 2.45) is 5.41 Å². The van der Waals surface area contributed by atoms with Crippen LogP contribution in [0.3, 0.4) is 0 Å². The number of halogens is 3. The van der Waals surface area contributed by atoms with Crippen LogP contribution in [0.5, 0.6) is 0 Å². The van der Waals surface area contributed by atoms with Crippen LogP contribution in [0.4, 0.5) is 13.2 Å². The minimum absolute atomic E-state index is 0.0588. The number of aromatic nitrogens is 1. The Morgan fingerprint density at radius 2 is 1.48 bits per heavy atom. The Bertz CT molecular complexity index is 1760. The molecule has 0 aliphatic heterocycles. The molecule has 2 aromatic heterocycles. The van der Waals surface area contributed by atoms with Gasteiger partial charge in [0.15, 0.2) is 0 Å². The summed E-state index contributed by atoms with van der Waals surface area (Å²) in [6.07, 6.45) is -1.04. The van der Waals surface area contributed by atoms with Gasteiger partial charge >= 0.3 is 6.18 Å². The van der Waals surface area contributed by atoms with Crippen molar-refractivity contribution in [2.75, 3.05) is 0 Å². The third-order valence-corrected chi connectivity index (χ3v) is 10.6. The van der Waals surface area contributed by atoms with Crippen LogP contribution < -0.4 is 0 Å². The van der Waals surface area contributed by atoms with Crippen molar-refractivity contribution >= 4 is 42.3 Å². The Hall–Kier alpha value is -2.92. The topological polar surface area (TPSA) is 12.9 Å². The summed E-state index contributed by atoms with van der Waals surface area (Å²) in [5, 5.41) is 4.46. The molecule has 5 aromatic rings. The van der Waals surface area contributed by atoms with Gasteiger partial charge in [0.25, 0.3) is 0 Å². The first-order valence-electron chi connectivity index (χ1n) is 14.1. The SMILES string of the molecule is Cc1c(C2(C(F)(F)F)CCC(C)(C)CC2)ccc2c1sc1c(-c3cc(C(C)(C)C)c4ccccc4c3)nccc12. The van der Waals surface area contributed by atoms with Crippen LogP contribution in [-0.4, -0.2) is 11.2 Å². The second-order valence-electron chi connectivity index (χ2n) is 13.5. The molecule has 0 bridgehead atoms. The molecule has 0 unspecified atom stereocenters. The highest BCUT2D eigenvalue weighted by Crippen LogP contribution is 2.56. The van der Waals surface area contributed by atoms with Gasteiger partial charge in [-0.15, -0.1) is 11.3 Å². The quantitative estimate of drug-likeness (QED) is 0.210. The maximum absolute atomic E-state index is 14.9. The predicted molar refractivity (Wildman–Crippen MR) is 163 cm³/mol. The van der Waals surface area contributed by atoms with Gasteiger partial charge in [-0.3, -0.25) is 4.98 Å². The maximum atomic E-state index is 14.9. The van der Waals surface area contributed by atoms with Gasteiger partial charge in [-0.2, -0.15) is 13.2 Å². The van der Waals surface area contributed by atoms with E-state index in [-0.39, 0.29) is 23.7 Å². The van der Waals surface area contributed by atoms with Gasteiger partial charge in [0.05, 0.1) is 15.8 Å². The van der Waals surface area contributed by atoms with Gasteiger partial charge in [-0.1, -0.05) is 71.0 Å². The second-order valence-corrected chi connectivity index (χ2v) is 14.5. The Labute approximate surface area is 238 Å². The molecule has 1 aliphatic carbocycles. The van der Waals surface area contributed by atoms with E-state index in [1.54, 1.807) is 17.4 Å². The van der Waals surface area contributed by atoms with E-state index in [0.29, 0.717) is 18.4 Å². The van der Waals surface area contributed by atoms with E-state index in [9.17, 15) is 13.2 Å². The van der Waals surface area contributed by atoms with Crippen molar-refractivity contribution in [3.63, 3.8) is 0 Å². The van der Waals surface area contributed by atoms with Crippen LogP contribution in [-0.2, 0) is 10.8 Å². The van der Waals surface area contributed by atoms with E-state index in [2.05, 4.69) is 71.0 Å². The van der Waals surface area contributed by atoms with Crippen molar-refractivity contribution in [1.29, 1.82) is 0 Å². The highest BCUT2D eigenvalue weighted by molar-refractivity contribution is 7.26. The van der Waals surface area contributed by atoms with E-state index in [1.807, 2.05) is 25.3 Å². The predicted octanol–water partition coefficient (Wildman–Crippen LogP) is 11.3. The van der Waals surface area contributed by atoms with Crippen LogP contribution in [0.25, 0.3) is 42.2 Å². The number of aryl methyl sites for hydroxylation is 1. The zero-order valence-corrected chi connectivity index (χ0v) is 24.9. The van der Waals surface area contributed by atoms with Crippen molar-refractivity contribution in [3.05, 3.63) is 77.5 Å². The lowest BCUT2D eigenvalue weighted by Gasteiger charge is -2.45. The molecule has 3 aromatic carbocycles. The summed E-state index contributed by atoms with van der Waals surface area (Å²) in [5.41, 5.74) is 2.48. The van der Waals surface area contributed by atoms with E-state index >= 15 is 0 Å². The lowest BCUT2D eigenvalue weighted by molar-refractivity contribution is -0.204. The molecule has 6 rings (SSSR count). The van der Waals surface area contributed by atoms with E-state index in [4.69, 9.17) is 4.98 Å². The smallest absolute Gasteiger partial charge is 0.255 e. The minimum atomic E-state index is -4.29. The first kappa shape index (κ1) is 27.3. The summed E-state index contributed by atoms with van der Waals surface area (Å²) in [6.45, 7) is 12.7. The lowest BCUT2D eigenvalue weighted by Crippen LogP contribution is -2.47. The first-order valence-corrected chi connectivity index (χ1v) is 15.0. The number of nitrogens with zero attached hydrogens (tertiary/aromatic N) is 1. The zero-order chi connectivity index (χ0) is 28.7. The Kier molecular flexibility index (Phi) is 6.16. The molecule has 1 nitrogen and oxygen atoms in total. The molecular formula is C35H36F3NS. The fourth-order valence-electron chi connectivity index (χ4n) is 6.75. The number of hydrogen-bond acceptors (Lipinski definition) is 2. The molecule has 5 heteroatoms. The Morgan fingerprint density at radius 1 is 0.800 bits per heavy atom. The van der Waals surface area contributed by atoms with Crippen molar-refractivity contribution in [2.45, 2.75) is 84.2 Å². The monoisotopic (exact) mass is 559 g/mol. The molecule has 208 valence electrons. The fraction of sp³-hybridized carbons (Fsp3) is 0.400. The maximum Gasteiger partial charge on any atom is 0.398 e. The number of fused-ring (bicyclic) bond motifs is 4. The average Bonchev–Trinajstić information content (AvgIpc) is 3.27. The summed E-state index contributed by atoms with van der Waals surface area (Å²) in [4.78, 5) is 4.84. The molecule has 0 N–H and O–H groups in total. The zero-order valence-electron chi connectivity index (χ0n) is 24.1. The molecule has 0 saturated heterocycles. The van der Waals surface area contributed by atoms with Gasteiger partial charge in [0, 0.05) is 27.2 Å².